The van der Waals surface area contributed by atoms with Crippen LogP contribution in [0.1, 0.15) is 22.8 Å². The first-order valence-electron chi connectivity index (χ1n) is 6.38. The number of carbonyl (C=O) groups is 1. The Labute approximate surface area is 112 Å². The van der Waals surface area contributed by atoms with E-state index in [0.717, 1.165) is 23.0 Å². The first-order valence-corrected chi connectivity index (χ1v) is 6.38. The van der Waals surface area contributed by atoms with Gasteiger partial charge in [0.05, 0.1) is 5.52 Å². The standard InChI is InChI=1S/C17H15NO/c1-13(19)16-9-5-8-15-10-11-18(17(15)16)12-14-6-3-2-4-7-14/h2-11H,12H2,1H3. The van der Waals surface area contributed by atoms with Crippen molar-refractivity contribution in [3.8, 4) is 0 Å². The van der Waals surface area contributed by atoms with Crippen LogP contribution in [0.4, 0.5) is 0 Å². The van der Waals surface area contributed by atoms with Crippen molar-refractivity contribution in [1.82, 2.24) is 4.57 Å². The molecule has 2 nitrogen and oxygen atoms in total. The molecule has 0 aliphatic carbocycles. The first kappa shape index (κ1) is 11.7. The van der Waals surface area contributed by atoms with Crippen molar-refractivity contribution in [2.45, 2.75) is 13.5 Å². The van der Waals surface area contributed by atoms with Gasteiger partial charge in [0.25, 0.3) is 0 Å². The third kappa shape index (κ3) is 2.17. The molecule has 0 unspecified atom stereocenters. The zero-order valence-electron chi connectivity index (χ0n) is 10.8. The van der Waals surface area contributed by atoms with E-state index in [-0.39, 0.29) is 5.78 Å². The number of aromatic nitrogens is 1. The minimum absolute atomic E-state index is 0.110. The zero-order valence-corrected chi connectivity index (χ0v) is 10.8. The lowest BCUT2D eigenvalue weighted by Gasteiger charge is -2.08. The maximum absolute atomic E-state index is 11.7. The van der Waals surface area contributed by atoms with Gasteiger partial charge in [-0.2, -0.15) is 0 Å². The number of benzene rings is 2. The summed E-state index contributed by atoms with van der Waals surface area (Å²) in [6.07, 6.45) is 2.05. The summed E-state index contributed by atoms with van der Waals surface area (Å²) < 4.78 is 2.14. The van der Waals surface area contributed by atoms with Gasteiger partial charge in [0.15, 0.2) is 5.78 Å². The van der Waals surface area contributed by atoms with Crippen molar-refractivity contribution in [3.05, 3.63) is 71.9 Å². The van der Waals surface area contributed by atoms with Gasteiger partial charge in [0.1, 0.15) is 0 Å². The van der Waals surface area contributed by atoms with Crippen LogP contribution in [0.15, 0.2) is 60.8 Å². The maximum atomic E-state index is 11.7. The quantitative estimate of drug-likeness (QED) is 0.645. The van der Waals surface area contributed by atoms with Gasteiger partial charge in [-0.25, -0.2) is 0 Å². The molecule has 0 atom stereocenters. The zero-order chi connectivity index (χ0) is 13.2. The molecule has 0 N–H and O–H groups in total. The number of hydrogen-bond donors (Lipinski definition) is 0. The number of Topliss-reactive ketones (excluding diaryl/α,β-unsaturated/α-hetero) is 1. The molecule has 19 heavy (non-hydrogen) atoms. The molecule has 2 aromatic carbocycles. The third-order valence-electron chi connectivity index (χ3n) is 3.36. The number of fused-ring (bicyclic) bond motifs is 1. The predicted octanol–water partition coefficient (Wildman–Crippen LogP) is 3.89. The Bertz CT molecular complexity index is 725. The largest absolute Gasteiger partial charge is 0.342 e. The number of carbonyl (C=O) groups excluding carboxylic acids is 1. The average molecular weight is 249 g/mol. The van der Waals surface area contributed by atoms with E-state index in [1.165, 1.54) is 5.56 Å². The van der Waals surface area contributed by atoms with E-state index < -0.39 is 0 Å². The highest BCUT2D eigenvalue weighted by Crippen LogP contribution is 2.22. The van der Waals surface area contributed by atoms with Gasteiger partial charge in [-0.15, -0.1) is 0 Å². The highest BCUT2D eigenvalue weighted by Gasteiger charge is 2.09. The molecule has 2 heteroatoms. The second kappa shape index (κ2) is 4.73. The summed E-state index contributed by atoms with van der Waals surface area (Å²) in [5.41, 5.74) is 3.05. The van der Waals surface area contributed by atoms with Crippen LogP contribution >= 0.6 is 0 Å². The molecule has 0 radical (unpaired) electrons. The van der Waals surface area contributed by atoms with Gasteiger partial charge in [0, 0.05) is 23.7 Å². The summed E-state index contributed by atoms with van der Waals surface area (Å²) in [5.74, 6) is 0.110. The Morgan fingerprint density at radius 1 is 1.00 bits per heavy atom. The molecule has 1 aromatic heterocycles. The summed E-state index contributed by atoms with van der Waals surface area (Å²) in [4.78, 5) is 11.7. The number of hydrogen-bond acceptors (Lipinski definition) is 1. The minimum Gasteiger partial charge on any atom is -0.342 e. The highest BCUT2D eigenvalue weighted by atomic mass is 16.1. The second-order valence-electron chi connectivity index (χ2n) is 4.73. The molecular weight excluding hydrogens is 234 g/mol. The van der Waals surface area contributed by atoms with Gasteiger partial charge in [-0.1, -0.05) is 42.5 Å². The van der Waals surface area contributed by atoms with Gasteiger partial charge in [-0.3, -0.25) is 4.79 Å². The fraction of sp³-hybridized carbons (Fsp3) is 0.118. The smallest absolute Gasteiger partial charge is 0.161 e. The monoisotopic (exact) mass is 249 g/mol. The van der Waals surface area contributed by atoms with Crippen LogP contribution < -0.4 is 0 Å². The fourth-order valence-electron chi connectivity index (χ4n) is 2.46. The van der Waals surface area contributed by atoms with E-state index in [2.05, 4.69) is 22.8 Å². The Balaban J connectivity index is 2.12. The average Bonchev–Trinajstić information content (AvgIpc) is 2.83. The molecule has 0 amide bonds. The SMILES string of the molecule is CC(=O)c1cccc2ccn(Cc3ccccc3)c12. The minimum atomic E-state index is 0.110. The summed E-state index contributed by atoms with van der Waals surface area (Å²) >= 11 is 0. The van der Waals surface area contributed by atoms with Crippen LogP contribution in [-0.4, -0.2) is 10.4 Å². The summed E-state index contributed by atoms with van der Waals surface area (Å²) in [7, 11) is 0. The van der Waals surface area contributed by atoms with Crippen LogP contribution in [0.2, 0.25) is 0 Å². The van der Waals surface area contributed by atoms with E-state index in [1.54, 1.807) is 6.92 Å². The highest BCUT2D eigenvalue weighted by molar-refractivity contribution is 6.05. The number of nitrogens with zero attached hydrogens (tertiary/aromatic N) is 1. The molecule has 3 aromatic rings. The number of ketones is 1. The lowest BCUT2D eigenvalue weighted by Crippen LogP contribution is -2.02. The lowest BCUT2D eigenvalue weighted by molar-refractivity contribution is 0.101. The molecular formula is C17H15NO. The van der Waals surface area contributed by atoms with Crippen LogP contribution in [-0.2, 0) is 6.54 Å². The van der Waals surface area contributed by atoms with Gasteiger partial charge in [0.2, 0.25) is 0 Å². The van der Waals surface area contributed by atoms with Crippen molar-refractivity contribution in [1.29, 1.82) is 0 Å². The molecule has 0 spiro atoms. The van der Waals surface area contributed by atoms with Gasteiger partial charge >= 0.3 is 0 Å². The Kier molecular flexibility index (Phi) is 2.92. The van der Waals surface area contributed by atoms with Crippen molar-refractivity contribution in [2.75, 3.05) is 0 Å². The molecule has 94 valence electrons. The van der Waals surface area contributed by atoms with E-state index in [9.17, 15) is 4.79 Å². The Morgan fingerprint density at radius 3 is 2.53 bits per heavy atom. The molecule has 0 fully saturated rings. The third-order valence-corrected chi connectivity index (χ3v) is 3.36. The van der Waals surface area contributed by atoms with Crippen molar-refractivity contribution < 1.29 is 4.79 Å². The lowest BCUT2D eigenvalue weighted by atomic mass is 10.1. The van der Waals surface area contributed by atoms with Crippen LogP contribution in [0.5, 0.6) is 0 Å². The van der Waals surface area contributed by atoms with E-state index in [0.29, 0.717) is 0 Å². The summed E-state index contributed by atoms with van der Waals surface area (Å²) in [6, 6.07) is 18.2. The number of para-hydroxylation sites is 1. The van der Waals surface area contributed by atoms with E-state index in [1.807, 2.05) is 42.6 Å². The summed E-state index contributed by atoms with van der Waals surface area (Å²) in [5, 5.41) is 1.11. The van der Waals surface area contributed by atoms with E-state index >= 15 is 0 Å². The van der Waals surface area contributed by atoms with Crippen molar-refractivity contribution in [3.63, 3.8) is 0 Å². The van der Waals surface area contributed by atoms with Crippen LogP contribution in [0.3, 0.4) is 0 Å². The van der Waals surface area contributed by atoms with Gasteiger partial charge in [-0.05, 0) is 24.6 Å². The molecule has 3 rings (SSSR count). The Morgan fingerprint density at radius 2 is 1.79 bits per heavy atom. The van der Waals surface area contributed by atoms with Crippen LogP contribution in [0.25, 0.3) is 10.9 Å². The molecule has 0 aliphatic rings. The second-order valence-corrected chi connectivity index (χ2v) is 4.73. The fourth-order valence-corrected chi connectivity index (χ4v) is 2.46. The van der Waals surface area contributed by atoms with Gasteiger partial charge < -0.3 is 4.57 Å². The molecule has 1 heterocycles. The van der Waals surface area contributed by atoms with Crippen molar-refractivity contribution >= 4 is 16.7 Å². The summed E-state index contributed by atoms with van der Waals surface area (Å²) in [6.45, 7) is 2.41. The first-order chi connectivity index (χ1) is 9.25. The molecule has 0 saturated heterocycles. The topological polar surface area (TPSA) is 22.0 Å². The maximum Gasteiger partial charge on any atom is 0.161 e. The number of rotatable bonds is 3. The Hall–Kier alpha value is -2.35. The normalized spacial score (nSPS) is 10.8. The van der Waals surface area contributed by atoms with Crippen molar-refractivity contribution in [2.24, 2.45) is 0 Å². The van der Waals surface area contributed by atoms with Crippen LogP contribution in [0, 0.1) is 0 Å². The van der Waals surface area contributed by atoms with E-state index in [4.69, 9.17) is 0 Å². The molecule has 0 aliphatic heterocycles. The molecule has 0 bridgehead atoms. The molecule has 0 saturated carbocycles. The predicted molar refractivity (Wildman–Crippen MR) is 77.5 cm³/mol.